The van der Waals surface area contributed by atoms with Crippen molar-refractivity contribution < 1.29 is 24.2 Å². The van der Waals surface area contributed by atoms with Crippen molar-refractivity contribution in [2.45, 2.75) is 69.4 Å². The van der Waals surface area contributed by atoms with Gasteiger partial charge in [0.15, 0.2) is 0 Å². The topological polar surface area (TPSA) is 105 Å². The number of ether oxygens (including phenoxy) is 1. The van der Waals surface area contributed by atoms with Gasteiger partial charge in [0.25, 0.3) is 0 Å². The van der Waals surface area contributed by atoms with Crippen molar-refractivity contribution in [1.82, 2.24) is 10.6 Å². The average molecular weight is 477 g/mol. The number of nitrogens with one attached hydrogen (secondary N) is 2. The van der Waals surface area contributed by atoms with Crippen LogP contribution < -0.4 is 10.6 Å². The third kappa shape index (κ3) is 4.28. The largest absolute Gasteiger partial charge is 0.481 e. The van der Waals surface area contributed by atoms with Crippen LogP contribution in [0.2, 0.25) is 0 Å². The molecule has 7 heteroatoms. The van der Waals surface area contributed by atoms with Gasteiger partial charge in [-0.25, -0.2) is 4.79 Å². The van der Waals surface area contributed by atoms with Gasteiger partial charge < -0.3 is 20.5 Å². The summed E-state index contributed by atoms with van der Waals surface area (Å²) in [7, 11) is 0. The lowest BCUT2D eigenvalue weighted by Crippen LogP contribution is -2.60. The van der Waals surface area contributed by atoms with E-state index in [1.807, 2.05) is 31.2 Å². The number of amides is 2. The third-order valence-electron chi connectivity index (χ3n) is 8.29. The molecule has 2 aromatic carbocycles. The highest BCUT2D eigenvalue weighted by Crippen LogP contribution is 2.45. The smallest absolute Gasteiger partial charge is 0.407 e. The molecule has 2 fully saturated rings. The van der Waals surface area contributed by atoms with Gasteiger partial charge in [0.1, 0.15) is 6.61 Å². The Balaban J connectivity index is 1.23. The molecule has 3 N–H and O–H groups in total. The zero-order valence-electron chi connectivity index (χ0n) is 20.0. The van der Waals surface area contributed by atoms with Crippen molar-refractivity contribution in [3.05, 3.63) is 59.7 Å². The first-order valence-corrected chi connectivity index (χ1v) is 12.5. The van der Waals surface area contributed by atoms with Gasteiger partial charge in [0, 0.05) is 12.0 Å². The predicted octanol–water partition coefficient (Wildman–Crippen LogP) is 4.60. The Kier molecular flexibility index (Phi) is 6.03. The van der Waals surface area contributed by atoms with E-state index in [-0.39, 0.29) is 30.9 Å². The molecule has 2 unspecified atom stereocenters. The van der Waals surface area contributed by atoms with Gasteiger partial charge in [0.2, 0.25) is 5.91 Å². The number of carbonyl (C=O) groups is 3. The van der Waals surface area contributed by atoms with Crippen molar-refractivity contribution >= 4 is 18.0 Å². The Hall–Kier alpha value is -3.35. The predicted molar refractivity (Wildman–Crippen MR) is 131 cm³/mol. The van der Waals surface area contributed by atoms with Gasteiger partial charge in [-0.3, -0.25) is 9.59 Å². The van der Waals surface area contributed by atoms with Gasteiger partial charge in [-0.2, -0.15) is 0 Å². The number of carboxylic acid groups (broad SMARTS) is 1. The molecule has 0 bridgehead atoms. The van der Waals surface area contributed by atoms with Crippen molar-refractivity contribution in [2.24, 2.45) is 5.41 Å². The van der Waals surface area contributed by atoms with E-state index in [9.17, 15) is 19.5 Å². The minimum absolute atomic E-state index is 0.0269. The van der Waals surface area contributed by atoms with Crippen LogP contribution in [0.3, 0.4) is 0 Å². The second kappa shape index (κ2) is 9.02. The summed E-state index contributed by atoms with van der Waals surface area (Å²) in [5, 5.41) is 15.3. The first-order chi connectivity index (χ1) is 16.8. The van der Waals surface area contributed by atoms with E-state index in [0.717, 1.165) is 24.0 Å². The molecular weight excluding hydrogens is 444 g/mol. The molecule has 7 nitrogen and oxygen atoms in total. The van der Waals surface area contributed by atoms with Crippen molar-refractivity contribution in [2.75, 3.05) is 6.61 Å². The molecule has 0 aromatic heterocycles. The van der Waals surface area contributed by atoms with E-state index < -0.39 is 23.0 Å². The summed E-state index contributed by atoms with van der Waals surface area (Å²) in [5.41, 5.74) is 3.17. The number of benzene rings is 2. The fourth-order valence-electron chi connectivity index (χ4n) is 6.07. The normalized spacial score (nSPS) is 24.1. The molecule has 35 heavy (non-hydrogen) atoms. The van der Waals surface area contributed by atoms with Crippen LogP contribution >= 0.6 is 0 Å². The maximum Gasteiger partial charge on any atom is 0.407 e. The molecule has 0 heterocycles. The molecule has 2 saturated carbocycles. The lowest BCUT2D eigenvalue weighted by molar-refractivity contribution is -0.142. The number of hydrogen-bond donors (Lipinski definition) is 3. The molecule has 2 atom stereocenters. The highest BCUT2D eigenvalue weighted by atomic mass is 16.5. The van der Waals surface area contributed by atoms with Gasteiger partial charge in [-0.05, 0) is 61.3 Å². The van der Waals surface area contributed by atoms with E-state index in [1.54, 1.807) is 0 Å². The maximum atomic E-state index is 13.3. The van der Waals surface area contributed by atoms with E-state index in [1.165, 1.54) is 11.1 Å². The molecule has 0 radical (unpaired) electrons. The molecule has 2 aromatic rings. The quantitative estimate of drug-likeness (QED) is 0.542. The van der Waals surface area contributed by atoms with Gasteiger partial charge >= 0.3 is 12.1 Å². The van der Waals surface area contributed by atoms with Gasteiger partial charge in [-0.15, -0.1) is 0 Å². The Morgan fingerprint density at radius 1 is 0.971 bits per heavy atom. The Morgan fingerprint density at radius 2 is 1.60 bits per heavy atom. The van der Waals surface area contributed by atoms with Gasteiger partial charge in [0.05, 0.1) is 17.4 Å². The first-order valence-electron chi connectivity index (χ1n) is 12.5. The molecule has 0 spiro atoms. The van der Waals surface area contributed by atoms with Crippen LogP contribution in [0.25, 0.3) is 11.1 Å². The number of rotatable bonds is 7. The van der Waals surface area contributed by atoms with Crippen molar-refractivity contribution in [3.8, 4) is 11.1 Å². The zero-order valence-corrected chi connectivity index (χ0v) is 20.0. The lowest BCUT2D eigenvalue weighted by Gasteiger charge is -2.44. The monoisotopic (exact) mass is 476 g/mol. The summed E-state index contributed by atoms with van der Waals surface area (Å²) >= 11 is 0. The standard InChI is InChI=1S/C28H32N2O5/c1-27(25(33)30-28(14-7-15-28)16-24(31)32)13-6-12-23(27)29-26(34)35-17-22-20-10-4-2-8-18(20)19-9-3-5-11-21(19)22/h2-5,8-11,22-23H,6-7,12-17H2,1H3,(H,29,34)(H,30,33)(H,31,32). The molecule has 3 aliphatic rings. The van der Waals surface area contributed by atoms with E-state index >= 15 is 0 Å². The second-order valence-corrected chi connectivity index (χ2v) is 10.5. The van der Waals surface area contributed by atoms with Crippen molar-refractivity contribution in [3.63, 3.8) is 0 Å². The summed E-state index contributed by atoms with van der Waals surface area (Å²) in [5.74, 6) is -1.12. The number of hydrogen-bond acceptors (Lipinski definition) is 4. The Labute approximate surface area is 205 Å². The van der Waals surface area contributed by atoms with Crippen LogP contribution in [0.15, 0.2) is 48.5 Å². The zero-order chi connectivity index (χ0) is 24.6. The number of fused-ring (bicyclic) bond motifs is 3. The number of carbonyl (C=O) groups excluding carboxylic acids is 2. The molecule has 184 valence electrons. The second-order valence-electron chi connectivity index (χ2n) is 10.5. The van der Waals surface area contributed by atoms with Crippen molar-refractivity contribution in [1.29, 1.82) is 0 Å². The number of aliphatic carboxylic acids is 1. The Bertz CT molecular complexity index is 1110. The maximum absolute atomic E-state index is 13.3. The van der Waals surface area contributed by atoms with E-state index in [2.05, 4.69) is 34.9 Å². The van der Waals surface area contributed by atoms with Crippen LogP contribution in [0.4, 0.5) is 4.79 Å². The van der Waals surface area contributed by atoms with Crippen LogP contribution in [0.1, 0.15) is 68.9 Å². The first kappa shape index (κ1) is 23.4. The van der Waals surface area contributed by atoms with E-state index in [4.69, 9.17) is 4.74 Å². The molecular formula is C28H32N2O5. The number of carboxylic acids is 1. The Morgan fingerprint density at radius 3 is 2.17 bits per heavy atom. The molecule has 3 aliphatic carbocycles. The van der Waals surface area contributed by atoms with Crippen LogP contribution in [0.5, 0.6) is 0 Å². The molecule has 2 amide bonds. The van der Waals surface area contributed by atoms with Crippen LogP contribution in [-0.2, 0) is 14.3 Å². The summed E-state index contributed by atoms with van der Waals surface area (Å²) in [6, 6.07) is 16.0. The summed E-state index contributed by atoms with van der Waals surface area (Å²) in [4.78, 5) is 37.4. The number of alkyl carbamates (subject to hydrolysis) is 1. The van der Waals surface area contributed by atoms with Crippen LogP contribution in [0, 0.1) is 5.41 Å². The third-order valence-corrected chi connectivity index (χ3v) is 8.29. The minimum atomic E-state index is -0.908. The SMILES string of the molecule is CC1(C(=O)NC2(CC(=O)O)CCC2)CCCC1NC(=O)OCC1c2ccccc2-c2ccccc21. The fraction of sp³-hybridized carbons (Fsp3) is 0.464. The van der Waals surface area contributed by atoms with Crippen LogP contribution in [-0.4, -0.2) is 41.3 Å². The summed E-state index contributed by atoms with van der Waals surface area (Å²) in [6.07, 6.45) is 3.78. The molecule has 0 saturated heterocycles. The lowest BCUT2D eigenvalue weighted by atomic mass is 9.73. The minimum Gasteiger partial charge on any atom is -0.481 e. The molecule has 0 aliphatic heterocycles. The highest BCUT2D eigenvalue weighted by Gasteiger charge is 2.50. The van der Waals surface area contributed by atoms with Gasteiger partial charge in [-0.1, -0.05) is 55.0 Å². The van der Waals surface area contributed by atoms with E-state index in [0.29, 0.717) is 25.7 Å². The highest BCUT2D eigenvalue weighted by molar-refractivity contribution is 5.86. The molecule has 5 rings (SSSR count). The summed E-state index contributed by atoms with van der Waals surface area (Å²) < 4.78 is 5.70. The summed E-state index contributed by atoms with van der Waals surface area (Å²) in [6.45, 7) is 2.08. The average Bonchev–Trinajstić information content (AvgIpc) is 3.34. The fourth-order valence-corrected chi connectivity index (χ4v) is 6.07.